The number of anilines is 3. The number of nitrogens with two attached hydrogens (primary N) is 3. The van der Waals surface area contributed by atoms with Crippen LogP contribution in [0.2, 0.25) is 0 Å². The highest BCUT2D eigenvalue weighted by Gasteiger charge is 2.30. The average molecular weight is 978 g/mol. The number of benzene rings is 3. The Kier molecular flexibility index (Phi) is 15.0. The minimum absolute atomic E-state index is 0.000250. The number of methoxy groups -OCH3 is 1. The number of fused-ring (bicyclic) bond motifs is 3. The number of alkyl halides is 3. The maximum Gasteiger partial charge on any atom is 0.416 e. The second kappa shape index (κ2) is 21.2. The fraction of sp³-hybridized carbons (Fsp3) is 0.234. The van der Waals surface area contributed by atoms with Crippen molar-refractivity contribution in [1.29, 1.82) is 0 Å². The second-order valence-corrected chi connectivity index (χ2v) is 15.9. The molecule has 0 bridgehead atoms. The zero-order valence-electron chi connectivity index (χ0n) is 38.9. The Morgan fingerprint density at radius 1 is 0.451 bits per heavy atom. The lowest BCUT2D eigenvalue weighted by atomic mass is 10.1. The second-order valence-electron chi connectivity index (χ2n) is 15.9. The van der Waals surface area contributed by atoms with Gasteiger partial charge in [-0.05, 0) is 96.1 Å². The number of hydrogen-bond donors (Lipinski definition) is 3. The molecule has 0 spiro atoms. The van der Waals surface area contributed by atoms with Gasteiger partial charge in [0.15, 0.2) is 45.1 Å². The minimum Gasteiger partial charge on any atom is -0.497 e. The lowest BCUT2D eigenvalue weighted by molar-refractivity contribution is -0.137. The van der Waals surface area contributed by atoms with E-state index in [-0.39, 0.29) is 59.2 Å². The number of nitrogen functional groups attached to an aromatic ring is 3. The van der Waals surface area contributed by atoms with Crippen molar-refractivity contribution >= 4 is 51.3 Å². The summed E-state index contributed by atoms with van der Waals surface area (Å²) < 4.78 is 86.5. The molecule has 0 atom stereocenters. The molecule has 71 heavy (non-hydrogen) atoms. The van der Waals surface area contributed by atoms with Crippen molar-refractivity contribution in [3.8, 4) is 57.2 Å². The van der Waals surface area contributed by atoms with E-state index in [4.69, 9.17) is 36.1 Å². The van der Waals surface area contributed by atoms with Crippen LogP contribution in [0.5, 0.6) is 23.4 Å². The Labute approximate surface area is 401 Å². The molecule has 9 rings (SSSR count). The Hall–Kier alpha value is -8.83. The Balaban J connectivity index is 0.000000157. The third-order valence-corrected chi connectivity index (χ3v) is 9.33. The van der Waals surface area contributed by atoms with Gasteiger partial charge in [0.25, 0.3) is 0 Å². The Bertz CT molecular complexity index is 3330. The van der Waals surface area contributed by atoms with Gasteiger partial charge in [-0.2, -0.15) is 43.1 Å². The number of halogens is 5. The highest BCUT2D eigenvalue weighted by Crippen LogP contribution is 2.32. The lowest BCUT2D eigenvalue weighted by Crippen LogP contribution is -2.10. The van der Waals surface area contributed by atoms with Crippen molar-refractivity contribution in [2.45, 2.75) is 66.0 Å². The van der Waals surface area contributed by atoms with E-state index in [1.165, 1.54) is 30.6 Å². The van der Waals surface area contributed by atoms with Crippen molar-refractivity contribution in [1.82, 2.24) is 59.8 Å². The summed E-state index contributed by atoms with van der Waals surface area (Å²) >= 11 is 0. The van der Waals surface area contributed by atoms with Crippen LogP contribution in [0.1, 0.15) is 47.1 Å². The molecule has 366 valence electrons. The van der Waals surface area contributed by atoms with E-state index < -0.39 is 23.4 Å². The average Bonchev–Trinajstić information content (AvgIpc) is 3.32. The van der Waals surface area contributed by atoms with Crippen LogP contribution >= 0.6 is 0 Å². The summed E-state index contributed by atoms with van der Waals surface area (Å²) in [6.45, 7) is 11.1. The molecule has 6 heterocycles. The van der Waals surface area contributed by atoms with Gasteiger partial charge in [-0.3, -0.25) is 0 Å². The van der Waals surface area contributed by atoms with Gasteiger partial charge in [-0.1, -0.05) is 12.1 Å². The first kappa shape index (κ1) is 50.1. The van der Waals surface area contributed by atoms with Crippen molar-refractivity contribution in [2.75, 3.05) is 24.3 Å². The predicted molar refractivity (Wildman–Crippen MR) is 254 cm³/mol. The van der Waals surface area contributed by atoms with Crippen LogP contribution < -0.4 is 36.1 Å². The van der Waals surface area contributed by atoms with E-state index in [1.807, 2.05) is 65.8 Å². The van der Waals surface area contributed by atoms with E-state index >= 15 is 0 Å². The van der Waals surface area contributed by atoms with Gasteiger partial charge in [0, 0.05) is 16.7 Å². The number of rotatable bonds is 10. The van der Waals surface area contributed by atoms with Crippen molar-refractivity contribution in [3.05, 3.63) is 103 Å². The van der Waals surface area contributed by atoms with Crippen LogP contribution in [0, 0.1) is 11.6 Å². The molecule has 3 aromatic carbocycles. The normalized spacial score (nSPS) is 11.4. The molecule has 0 aliphatic rings. The zero-order valence-corrected chi connectivity index (χ0v) is 38.9. The maximum atomic E-state index is 13.4. The van der Waals surface area contributed by atoms with Gasteiger partial charge in [-0.15, -0.1) is 0 Å². The van der Waals surface area contributed by atoms with Crippen molar-refractivity contribution in [2.24, 2.45) is 0 Å². The molecule has 0 radical (unpaired) electrons. The lowest BCUT2D eigenvalue weighted by Gasteiger charge is -2.11. The van der Waals surface area contributed by atoms with Gasteiger partial charge in [0.2, 0.25) is 35.5 Å². The Morgan fingerprint density at radius 3 is 1.14 bits per heavy atom. The predicted octanol–water partition coefficient (Wildman–Crippen LogP) is 8.67. The first-order valence-corrected chi connectivity index (χ1v) is 21.4. The summed E-state index contributed by atoms with van der Waals surface area (Å²) in [6, 6.07) is 15.7. The molecule has 0 aliphatic carbocycles. The Morgan fingerprint density at radius 2 is 0.803 bits per heavy atom. The first-order valence-electron chi connectivity index (χ1n) is 21.4. The smallest absolute Gasteiger partial charge is 0.416 e. The molecule has 0 fully saturated rings. The van der Waals surface area contributed by atoms with Gasteiger partial charge in [-0.25, -0.2) is 38.7 Å². The van der Waals surface area contributed by atoms with Crippen LogP contribution in [-0.4, -0.2) is 85.2 Å². The largest absolute Gasteiger partial charge is 0.497 e. The molecule has 6 N–H and O–H groups in total. The molecule has 0 saturated heterocycles. The summed E-state index contributed by atoms with van der Waals surface area (Å²) in [5.74, 6) is -0.271. The van der Waals surface area contributed by atoms with Crippen LogP contribution in [0.4, 0.5) is 39.8 Å². The minimum atomic E-state index is -4.39. The highest BCUT2D eigenvalue weighted by molar-refractivity contribution is 5.81. The van der Waals surface area contributed by atoms with E-state index in [0.29, 0.717) is 56.3 Å². The number of nitrogens with zero attached hydrogens (tertiary/aromatic N) is 12. The summed E-state index contributed by atoms with van der Waals surface area (Å²) in [5, 5.41) is 0. The van der Waals surface area contributed by atoms with Gasteiger partial charge in [0.1, 0.15) is 5.75 Å². The van der Waals surface area contributed by atoms with Gasteiger partial charge in [0.05, 0.1) is 66.7 Å². The molecule has 0 aliphatic heterocycles. The quantitative estimate of drug-likeness (QED) is 0.108. The van der Waals surface area contributed by atoms with Crippen LogP contribution in [0.3, 0.4) is 0 Å². The molecule has 0 amide bonds. The van der Waals surface area contributed by atoms with Crippen LogP contribution in [-0.2, 0) is 6.18 Å². The summed E-state index contributed by atoms with van der Waals surface area (Å²) in [5.41, 5.74) is 21.4. The van der Waals surface area contributed by atoms with Gasteiger partial charge >= 0.3 is 6.18 Å². The molecule has 0 saturated carbocycles. The van der Waals surface area contributed by atoms with E-state index in [1.54, 1.807) is 13.3 Å². The molecule has 24 heteroatoms. The highest BCUT2D eigenvalue weighted by atomic mass is 19.4. The van der Waals surface area contributed by atoms with Crippen molar-refractivity contribution < 1.29 is 40.9 Å². The summed E-state index contributed by atoms with van der Waals surface area (Å²) in [6.07, 6.45) is -0.307. The molecule has 0 unspecified atom stereocenters. The summed E-state index contributed by atoms with van der Waals surface area (Å²) in [4.78, 5) is 50.2. The number of ether oxygens (including phenoxy) is 4. The van der Waals surface area contributed by atoms with Crippen LogP contribution in [0.15, 0.2) is 85.3 Å². The topological polar surface area (TPSA) is 270 Å². The van der Waals surface area contributed by atoms with E-state index in [0.717, 1.165) is 35.6 Å². The van der Waals surface area contributed by atoms with Crippen LogP contribution in [0.25, 0.3) is 67.3 Å². The SMILES string of the molecule is CC(C)Oc1nc(N)nc2ncc(-c3ccc(C(F)(F)F)cc3)nc12.CC(C)Oc1nc(N)nc2ncc(-c3ccc(F)c(F)c3)nc12.COc1ccc(-c2cnc3nc(N)nc(OC(C)C)c3n2)cc1. The molecule has 6 aromatic heterocycles. The third-order valence-electron chi connectivity index (χ3n) is 9.33. The fourth-order valence-corrected chi connectivity index (χ4v) is 6.28. The van der Waals surface area contributed by atoms with Crippen molar-refractivity contribution in [3.63, 3.8) is 0 Å². The number of hydrogen-bond acceptors (Lipinski definition) is 19. The monoisotopic (exact) mass is 977 g/mol. The number of aromatic nitrogens is 12. The molecule has 19 nitrogen and oxygen atoms in total. The summed E-state index contributed by atoms with van der Waals surface area (Å²) in [7, 11) is 1.63. The third kappa shape index (κ3) is 12.4. The maximum absolute atomic E-state index is 13.4. The zero-order chi connectivity index (χ0) is 51.1. The van der Waals surface area contributed by atoms with E-state index in [2.05, 4.69) is 59.8 Å². The molecular formula is C47H44F5N15O4. The molecule has 9 aromatic rings. The molecular weight excluding hydrogens is 934 g/mol. The van der Waals surface area contributed by atoms with Gasteiger partial charge < -0.3 is 36.1 Å². The van der Waals surface area contributed by atoms with E-state index in [9.17, 15) is 22.0 Å². The fourth-order valence-electron chi connectivity index (χ4n) is 6.28. The first-order chi connectivity index (χ1) is 33.7. The standard InChI is InChI=1S/C16H14F3N5O.C16H17N5O2.C15H13F2N5O/c1-8(2)25-14-12-13(23-15(20)24-14)21-7-11(22-12)9-3-5-10(6-4-9)16(17,18)19;1-9(2)23-15-13-14(20-16(17)21-15)18-8-12(19-13)10-4-6-11(22-3)7-5-10;1-7(2)23-14-12-13(21-15(18)22-14)19-6-11(20-12)8-3-4-9(16)10(17)5-8/h3-8H,1-2H3,(H2,20,21,23,24);4-9H,1-3H3,(H2,17,18,20,21);3-7H,1-2H3,(H2,18,19,21,22).